The Morgan fingerprint density at radius 3 is 2.72 bits per heavy atom. The van der Waals surface area contributed by atoms with Crippen LogP contribution in [0.2, 0.25) is 10.0 Å². The molecule has 0 spiro atoms. The van der Waals surface area contributed by atoms with Gasteiger partial charge in [0.25, 0.3) is 5.91 Å². The van der Waals surface area contributed by atoms with Gasteiger partial charge in [0, 0.05) is 23.2 Å². The molecule has 1 aromatic heterocycles. The summed E-state index contributed by atoms with van der Waals surface area (Å²) in [6.45, 7) is 4.96. The molecule has 3 rings (SSSR count). The number of amides is 1. The molecule has 1 fully saturated rings. The Bertz CT molecular complexity index is 739. The van der Waals surface area contributed by atoms with Crippen molar-refractivity contribution >= 4 is 29.1 Å². The van der Waals surface area contributed by atoms with Crippen molar-refractivity contribution < 1.29 is 9.21 Å². The van der Waals surface area contributed by atoms with Crippen LogP contribution in [0.3, 0.4) is 0 Å². The van der Waals surface area contributed by atoms with Crippen LogP contribution < -0.4 is 5.32 Å². The lowest BCUT2D eigenvalue weighted by atomic mass is 10.1. The lowest BCUT2D eigenvalue weighted by Crippen LogP contribution is -2.44. The molecule has 4 nitrogen and oxygen atoms in total. The van der Waals surface area contributed by atoms with Crippen molar-refractivity contribution in [2.45, 2.75) is 32.2 Å². The number of carbonyl (C=O) groups is 1. The average Bonchev–Trinajstić information content (AvgIpc) is 3.12. The highest BCUT2D eigenvalue weighted by Gasteiger charge is 2.19. The smallest absolute Gasteiger partial charge is 0.287 e. The molecule has 0 unspecified atom stereocenters. The Balaban J connectivity index is 1.61. The monoisotopic (exact) mass is 380 g/mol. The first-order chi connectivity index (χ1) is 12.0. The van der Waals surface area contributed by atoms with Gasteiger partial charge in [0.1, 0.15) is 5.76 Å². The van der Waals surface area contributed by atoms with E-state index in [-0.39, 0.29) is 11.7 Å². The minimum atomic E-state index is -0.215. The Morgan fingerprint density at radius 2 is 1.96 bits per heavy atom. The zero-order valence-corrected chi connectivity index (χ0v) is 15.7. The van der Waals surface area contributed by atoms with Gasteiger partial charge in [-0.3, -0.25) is 9.69 Å². The molecule has 0 radical (unpaired) electrons. The van der Waals surface area contributed by atoms with E-state index in [4.69, 9.17) is 27.6 Å². The van der Waals surface area contributed by atoms with E-state index in [2.05, 4.69) is 17.1 Å². The fourth-order valence-corrected chi connectivity index (χ4v) is 3.49. The first-order valence-corrected chi connectivity index (χ1v) is 9.37. The van der Waals surface area contributed by atoms with Crippen LogP contribution in [0.5, 0.6) is 0 Å². The fourth-order valence-electron chi connectivity index (χ4n) is 3.11. The molecule has 0 bridgehead atoms. The number of likely N-dealkylation sites (tertiary alicyclic amines) is 1. The van der Waals surface area contributed by atoms with Gasteiger partial charge in [0.05, 0.1) is 5.02 Å². The van der Waals surface area contributed by atoms with Gasteiger partial charge >= 0.3 is 0 Å². The molecule has 1 atom stereocenters. The van der Waals surface area contributed by atoms with Crippen molar-refractivity contribution in [1.29, 1.82) is 0 Å². The highest BCUT2D eigenvalue weighted by Crippen LogP contribution is 2.31. The number of nitrogens with one attached hydrogen (secondary N) is 1. The number of halogens is 2. The summed E-state index contributed by atoms with van der Waals surface area (Å²) >= 11 is 12.2. The third-order valence-electron chi connectivity index (χ3n) is 4.60. The molecule has 6 heteroatoms. The van der Waals surface area contributed by atoms with E-state index < -0.39 is 0 Å². The second-order valence-corrected chi connectivity index (χ2v) is 7.29. The number of benzene rings is 1. The van der Waals surface area contributed by atoms with Crippen LogP contribution in [-0.2, 0) is 0 Å². The topological polar surface area (TPSA) is 45.5 Å². The van der Waals surface area contributed by atoms with Gasteiger partial charge in [-0.1, -0.05) is 29.6 Å². The van der Waals surface area contributed by atoms with Gasteiger partial charge in [-0.25, -0.2) is 0 Å². The molecule has 25 heavy (non-hydrogen) atoms. The predicted molar refractivity (Wildman–Crippen MR) is 101 cm³/mol. The van der Waals surface area contributed by atoms with Crippen LogP contribution in [-0.4, -0.2) is 36.5 Å². The SMILES string of the molecule is C[C@@H](CNC(=O)c1ccc(-c2cc(Cl)ccc2Cl)o1)N1CCCCC1. The standard InChI is InChI=1S/C19H22Cl2N2O2/c1-13(23-9-3-2-4-10-23)12-22-19(24)18-8-7-17(25-18)15-11-14(20)5-6-16(15)21/h5-8,11,13H,2-4,9-10,12H2,1H3,(H,22,24)/t13-/m0/s1. The van der Waals surface area contributed by atoms with Crippen molar-refractivity contribution in [1.82, 2.24) is 10.2 Å². The molecule has 2 aromatic rings. The molecule has 0 saturated carbocycles. The maximum absolute atomic E-state index is 12.3. The van der Waals surface area contributed by atoms with E-state index >= 15 is 0 Å². The van der Waals surface area contributed by atoms with Crippen molar-refractivity contribution in [3.8, 4) is 11.3 Å². The van der Waals surface area contributed by atoms with Gasteiger partial charge in [0.15, 0.2) is 5.76 Å². The second-order valence-electron chi connectivity index (χ2n) is 6.44. The van der Waals surface area contributed by atoms with Crippen LogP contribution in [0.1, 0.15) is 36.7 Å². The van der Waals surface area contributed by atoms with Gasteiger partial charge in [-0.05, 0) is 63.2 Å². The molecule has 1 saturated heterocycles. The van der Waals surface area contributed by atoms with E-state index in [0.29, 0.717) is 34.0 Å². The van der Waals surface area contributed by atoms with Crippen molar-refractivity contribution in [3.63, 3.8) is 0 Å². The third-order valence-corrected chi connectivity index (χ3v) is 5.16. The molecule has 1 aliphatic heterocycles. The molecule has 1 amide bonds. The maximum Gasteiger partial charge on any atom is 0.287 e. The van der Waals surface area contributed by atoms with Crippen molar-refractivity contribution in [2.75, 3.05) is 19.6 Å². The van der Waals surface area contributed by atoms with E-state index in [1.807, 2.05) is 0 Å². The minimum absolute atomic E-state index is 0.215. The van der Waals surface area contributed by atoms with E-state index in [1.165, 1.54) is 19.3 Å². The zero-order valence-electron chi connectivity index (χ0n) is 14.2. The first-order valence-electron chi connectivity index (χ1n) is 8.62. The number of hydrogen-bond donors (Lipinski definition) is 1. The maximum atomic E-state index is 12.3. The predicted octanol–water partition coefficient (Wildman–Crippen LogP) is 4.86. The number of hydrogen-bond acceptors (Lipinski definition) is 3. The number of nitrogens with zero attached hydrogens (tertiary/aromatic N) is 1. The number of furan rings is 1. The number of rotatable bonds is 5. The lowest BCUT2D eigenvalue weighted by molar-refractivity contribution is 0.0903. The first kappa shape index (κ1) is 18.3. The van der Waals surface area contributed by atoms with E-state index in [0.717, 1.165) is 13.1 Å². The summed E-state index contributed by atoms with van der Waals surface area (Å²) in [5.41, 5.74) is 0.676. The van der Waals surface area contributed by atoms with Crippen LogP contribution in [0.15, 0.2) is 34.7 Å². The van der Waals surface area contributed by atoms with Crippen LogP contribution in [0.25, 0.3) is 11.3 Å². The molecule has 0 aliphatic carbocycles. The van der Waals surface area contributed by atoms with Crippen LogP contribution in [0, 0.1) is 0 Å². The van der Waals surface area contributed by atoms with Crippen molar-refractivity contribution in [2.24, 2.45) is 0 Å². The average molecular weight is 381 g/mol. The third kappa shape index (κ3) is 4.57. The summed E-state index contributed by atoms with van der Waals surface area (Å²) in [7, 11) is 0. The molecule has 1 aromatic carbocycles. The zero-order chi connectivity index (χ0) is 17.8. The van der Waals surface area contributed by atoms with Gasteiger partial charge < -0.3 is 9.73 Å². The quantitative estimate of drug-likeness (QED) is 0.805. The summed E-state index contributed by atoms with van der Waals surface area (Å²) in [5.74, 6) is 0.590. The highest BCUT2D eigenvalue weighted by atomic mass is 35.5. The van der Waals surface area contributed by atoms with E-state index in [9.17, 15) is 4.79 Å². The number of carbonyl (C=O) groups excluding carboxylic acids is 1. The van der Waals surface area contributed by atoms with Crippen LogP contribution in [0.4, 0.5) is 0 Å². The molecular weight excluding hydrogens is 359 g/mol. The Labute approximate surface area is 158 Å². The van der Waals surface area contributed by atoms with Gasteiger partial charge in [0.2, 0.25) is 0 Å². The summed E-state index contributed by atoms with van der Waals surface area (Å²) in [6.07, 6.45) is 3.78. The number of piperidine rings is 1. The minimum Gasteiger partial charge on any atom is -0.451 e. The second kappa shape index (κ2) is 8.26. The Hall–Kier alpha value is -1.49. The van der Waals surface area contributed by atoms with Gasteiger partial charge in [-0.2, -0.15) is 0 Å². The fraction of sp³-hybridized carbons (Fsp3) is 0.421. The molecule has 1 N–H and O–H groups in total. The lowest BCUT2D eigenvalue weighted by Gasteiger charge is -2.32. The molecule has 134 valence electrons. The molecular formula is C19H22Cl2N2O2. The van der Waals surface area contributed by atoms with E-state index in [1.54, 1.807) is 30.3 Å². The van der Waals surface area contributed by atoms with Gasteiger partial charge in [-0.15, -0.1) is 0 Å². The van der Waals surface area contributed by atoms with Crippen molar-refractivity contribution in [3.05, 3.63) is 46.1 Å². The highest BCUT2D eigenvalue weighted by molar-refractivity contribution is 6.35. The normalized spacial score (nSPS) is 16.6. The molecule has 1 aliphatic rings. The molecule has 2 heterocycles. The summed E-state index contributed by atoms with van der Waals surface area (Å²) in [5, 5.41) is 4.05. The van der Waals surface area contributed by atoms with Crippen LogP contribution >= 0.6 is 23.2 Å². The Morgan fingerprint density at radius 1 is 1.20 bits per heavy atom. The summed E-state index contributed by atoms with van der Waals surface area (Å²) in [6, 6.07) is 8.87. The largest absolute Gasteiger partial charge is 0.451 e. The Kier molecular flexibility index (Phi) is 6.05. The summed E-state index contributed by atoms with van der Waals surface area (Å²) in [4.78, 5) is 14.8. The summed E-state index contributed by atoms with van der Waals surface area (Å²) < 4.78 is 5.68.